The maximum absolute atomic E-state index is 12.7. The fourth-order valence-electron chi connectivity index (χ4n) is 2.38. The van der Waals surface area contributed by atoms with E-state index >= 15 is 0 Å². The Balaban J connectivity index is 2.22. The first-order valence-electron chi connectivity index (χ1n) is 7.11. The maximum Gasteiger partial charge on any atom is 0.351 e. The molecule has 0 amide bonds. The average molecular weight is 358 g/mol. The van der Waals surface area contributed by atoms with Gasteiger partial charge in [-0.05, 0) is 38.1 Å². The summed E-state index contributed by atoms with van der Waals surface area (Å²) in [4.78, 5) is 12.7. The first-order chi connectivity index (χ1) is 10.6. The van der Waals surface area contributed by atoms with E-state index in [9.17, 15) is 4.79 Å². The average Bonchev–Trinajstić information content (AvgIpc) is 2.87. The largest absolute Gasteiger partial charge is 0.351 e. The number of hydrogen-bond donors (Lipinski definition) is 0. The van der Waals surface area contributed by atoms with Gasteiger partial charge in [0, 0.05) is 16.1 Å². The third-order valence-corrected chi connectivity index (χ3v) is 3.96. The molecule has 4 nitrogen and oxygen atoms in total. The highest BCUT2D eigenvalue weighted by molar-refractivity contribution is 9.10. The summed E-state index contributed by atoms with van der Waals surface area (Å²) in [6, 6.07) is 17.4. The minimum atomic E-state index is -0.129. The van der Waals surface area contributed by atoms with E-state index in [2.05, 4.69) is 21.0 Å². The van der Waals surface area contributed by atoms with E-state index in [1.54, 1.807) is 4.57 Å². The van der Waals surface area contributed by atoms with Crippen LogP contribution in [0.5, 0.6) is 0 Å². The van der Waals surface area contributed by atoms with Crippen LogP contribution in [-0.4, -0.2) is 14.3 Å². The van der Waals surface area contributed by atoms with Crippen LogP contribution >= 0.6 is 15.9 Å². The molecule has 0 spiro atoms. The van der Waals surface area contributed by atoms with E-state index in [4.69, 9.17) is 0 Å². The van der Waals surface area contributed by atoms with E-state index in [0.29, 0.717) is 5.82 Å². The lowest BCUT2D eigenvalue weighted by Gasteiger charge is -2.08. The van der Waals surface area contributed by atoms with Crippen molar-refractivity contribution in [1.82, 2.24) is 14.3 Å². The topological polar surface area (TPSA) is 39.8 Å². The number of aromatic nitrogens is 3. The zero-order chi connectivity index (χ0) is 15.7. The molecule has 22 heavy (non-hydrogen) atoms. The fraction of sp³-hybridized carbons (Fsp3) is 0.176. The number of halogens is 1. The molecule has 0 radical (unpaired) electrons. The van der Waals surface area contributed by atoms with Gasteiger partial charge in [-0.15, -0.1) is 5.10 Å². The predicted octanol–water partition coefficient (Wildman–Crippen LogP) is 4.04. The van der Waals surface area contributed by atoms with Crippen molar-refractivity contribution in [3.05, 3.63) is 69.6 Å². The summed E-state index contributed by atoms with van der Waals surface area (Å²) in [5, 5.41) is 4.55. The smallest absolute Gasteiger partial charge is 0.272 e. The second kappa shape index (κ2) is 5.93. The van der Waals surface area contributed by atoms with Gasteiger partial charge in [-0.2, -0.15) is 4.68 Å². The quantitative estimate of drug-likeness (QED) is 0.709. The lowest BCUT2D eigenvalue weighted by molar-refractivity contribution is 0.579. The Labute approximate surface area is 137 Å². The molecule has 0 atom stereocenters. The zero-order valence-corrected chi connectivity index (χ0v) is 14.0. The molecular formula is C17H16BrN3O. The molecule has 0 bridgehead atoms. The lowest BCUT2D eigenvalue weighted by Crippen LogP contribution is -2.25. The minimum absolute atomic E-state index is 0.0342. The van der Waals surface area contributed by atoms with Crippen molar-refractivity contribution in [1.29, 1.82) is 0 Å². The Morgan fingerprint density at radius 1 is 1.00 bits per heavy atom. The van der Waals surface area contributed by atoms with E-state index in [-0.39, 0.29) is 11.7 Å². The van der Waals surface area contributed by atoms with Crippen molar-refractivity contribution in [2.24, 2.45) is 0 Å². The van der Waals surface area contributed by atoms with E-state index in [1.807, 2.05) is 68.4 Å². The van der Waals surface area contributed by atoms with Crippen LogP contribution in [0.2, 0.25) is 0 Å². The van der Waals surface area contributed by atoms with Gasteiger partial charge in [-0.3, -0.25) is 4.57 Å². The second-order valence-electron chi connectivity index (χ2n) is 5.32. The van der Waals surface area contributed by atoms with Crippen molar-refractivity contribution in [3.63, 3.8) is 0 Å². The van der Waals surface area contributed by atoms with E-state index in [1.165, 1.54) is 4.68 Å². The first kappa shape index (κ1) is 14.8. The molecule has 0 saturated heterocycles. The van der Waals surface area contributed by atoms with Gasteiger partial charge in [0.15, 0.2) is 5.82 Å². The van der Waals surface area contributed by atoms with Crippen LogP contribution < -0.4 is 5.69 Å². The number of nitrogens with zero attached hydrogens (tertiary/aromatic N) is 3. The molecule has 0 fully saturated rings. The minimum Gasteiger partial charge on any atom is -0.272 e. The van der Waals surface area contributed by atoms with Gasteiger partial charge in [0.2, 0.25) is 0 Å². The molecule has 3 rings (SSSR count). The predicted molar refractivity (Wildman–Crippen MR) is 91.3 cm³/mol. The Kier molecular flexibility index (Phi) is 3.98. The Morgan fingerprint density at radius 3 is 2.23 bits per heavy atom. The summed E-state index contributed by atoms with van der Waals surface area (Å²) in [6.07, 6.45) is 0. The maximum atomic E-state index is 12.7. The van der Waals surface area contributed by atoms with Crippen LogP contribution in [-0.2, 0) is 0 Å². The van der Waals surface area contributed by atoms with Crippen molar-refractivity contribution in [2.75, 3.05) is 0 Å². The highest BCUT2D eigenvalue weighted by Gasteiger charge is 2.17. The molecule has 0 unspecified atom stereocenters. The van der Waals surface area contributed by atoms with Crippen LogP contribution in [0, 0.1) is 0 Å². The van der Waals surface area contributed by atoms with Crippen LogP contribution in [0.15, 0.2) is 63.9 Å². The second-order valence-corrected chi connectivity index (χ2v) is 6.24. The molecule has 2 aromatic carbocycles. The zero-order valence-electron chi connectivity index (χ0n) is 12.4. The Hall–Kier alpha value is -2.14. The van der Waals surface area contributed by atoms with Crippen molar-refractivity contribution < 1.29 is 0 Å². The normalized spacial score (nSPS) is 11.1. The third-order valence-electron chi connectivity index (χ3n) is 3.43. The third kappa shape index (κ3) is 2.64. The number of hydrogen-bond acceptors (Lipinski definition) is 2. The van der Waals surface area contributed by atoms with E-state index < -0.39 is 0 Å². The highest BCUT2D eigenvalue weighted by Crippen LogP contribution is 2.20. The van der Waals surface area contributed by atoms with Gasteiger partial charge in [-0.1, -0.05) is 46.3 Å². The monoisotopic (exact) mass is 357 g/mol. The van der Waals surface area contributed by atoms with Crippen molar-refractivity contribution >= 4 is 15.9 Å². The van der Waals surface area contributed by atoms with Gasteiger partial charge >= 0.3 is 5.69 Å². The van der Waals surface area contributed by atoms with Crippen molar-refractivity contribution in [3.8, 4) is 17.1 Å². The van der Waals surface area contributed by atoms with Crippen LogP contribution in [0.4, 0.5) is 0 Å². The van der Waals surface area contributed by atoms with Crippen LogP contribution in [0.1, 0.15) is 19.9 Å². The first-order valence-corrected chi connectivity index (χ1v) is 7.90. The highest BCUT2D eigenvalue weighted by atomic mass is 79.9. The molecule has 3 aromatic rings. The molecule has 0 saturated carbocycles. The number of benzene rings is 2. The molecule has 0 aliphatic heterocycles. The summed E-state index contributed by atoms with van der Waals surface area (Å²) in [7, 11) is 0. The van der Waals surface area contributed by atoms with Crippen LogP contribution in [0.3, 0.4) is 0 Å². The summed E-state index contributed by atoms with van der Waals surface area (Å²) in [5.74, 6) is 0.684. The summed E-state index contributed by atoms with van der Waals surface area (Å²) in [6.45, 7) is 3.98. The number of rotatable bonds is 3. The lowest BCUT2D eigenvalue weighted by atomic mass is 10.2. The molecular weight excluding hydrogens is 342 g/mol. The molecule has 5 heteroatoms. The van der Waals surface area contributed by atoms with E-state index in [0.717, 1.165) is 15.7 Å². The molecule has 0 N–H and O–H groups in total. The Morgan fingerprint density at radius 2 is 1.64 bits per heavy atom. The van der Waals surface area contributed by atoms with Gasteiger partial charge in [0.05, 0.1) is 5.69 Å². The van der Waals surface area contributed by atoms with Crippen LogP contribution in [0.25, 0.3) is 17.1 Å². The summed E-state index contributed by atoms with van der Waals surface area (Å²) >= 11 is 3.40. The molecule has 0 aliphatic rings. The summed E-state index contributed by atoms with van der Waals surface area (Å²) < 4.78 is 4.14. The van der Waals surface area contributed by atoms with Gasteiger partial charge in [0.25, 0.3) is 0 Å². The Bertz CT molecular complexity index is 833. The molecule has 112 valence electrons. The molecule has 0 aliphatic carbocycles. The fourth-order valence-corrected chi connectivity index (χ4v) is 2.64. The van der Waals surface area contributed by atoms with Gasteiger partial charge < -0.3 is 0 Å². The molecule has 1 aromatic heterocycles. The van der Waals surface area contributed by atoms with Gasteiger partial charge in [0.1, 0.15) is 0 Å². The molecule has 1 heterocycles. The van der Waals surface area contributed by atoms with Gasteiger partial charge in [-0.25, -0.2) is 4.79 Å². The standard InChI is InChI=1S/C17H16BrN3O/c1-12(2)20-16(13-6-4-3-5-7-13)19-21(17(20)22)15-10-8-14(18)9-11-15/h3-12H,1-2H3. The SMILES string of the molecule is CC(C)n1c(-c2ccccc2)nn(-c2ccc(Br)cc2)c1=O. The summed E-state index contributed by atoms with van der Waals surface area (Å²) in [5.41, 5.74) is 1.56. The van der Waals surface area contributed by atoms with Crippen molar-refractivity contribution in [2.45, 2.75) is 19.9 Å².